The van der Waals surface area contributed by atoms with Crippen molar-refractivity contribution in [1.29, 1.82) is 0 Å². The molecule has 0 saturated heterocycles. The van der Waals surface area contributed by atoms with Crippen LogP contribution in [0.1, 0.15) is 0 Å². The molecule has 0 heterocycles. The van der Waals surface area contributed by atoms with Crippen LogP contribution in [-0.4, -0.2) is 26.0 Å². The van der Waals surface area contributed by atoms with Crippen LogP contribution < -0.4 is 0 Å². The summed E-state index contributed by atoms with van der Waals surface area (Å²) in [7, 11) is 1.21. The van der Waals surface area contributed by atoms with E-state index in [1.54, 1.807) is 0 Å². The smallest absolute Gasteiger partial charge is 0.331 e. The van der Waals surface area contributed by atoms with E-state index in [0.29, 0.717) is 0 Å². The van der Waals surface area contributed by atoms with E-state index in [4.69, 9.17) is 22.5 Å². The molecule has 0 aromatic heterocycles. The van der Waals surface area contributed by atoms with Gasteiger partial charge in [-0.1, -0.05) is 0 Å². The van der Waals surface area contributed by atoms with Gasteiger partial charge in [-0.2, -0.15) is 0 Å². The topological polar surface area (TPSA) is 52.6 Å². The molecule has 0 radical (unpaired) electrons. The molecule has 0 saturated carbocycles. The molecule has 0 aliphatic carbocycles. The molecule has 0 fully saturated rings. The lowest BCUT2D eigenvalue weighted by Crippen LogP contribution is -2.09. The number of rotatable bonds is 4. The minimum atomic E-state index is -3.22. The number of halogens is 2. The van der Waals surface area contributed by atoms with Crippen LogP contribution in [0.5, 0.6) is 0 Å². The van der Waals surface area contributed by atoms with Crippen molar-refractivity contribution in [1.82, 2.24) is 0 Å². The highest BCUT2D eigenvalue weighted by Gasteiger charge is 2.14. The summed E-state index contributed by atoms with van der Waals surface area (Å²) >= 11 is 10.2. The van der Waals surface area contributed by atoms with Crippen molar-refractivity contribution in [3.8, 4) is 0 Å². The van der Waals surface area contributed by atoms with Crippen LogP contribution >= 0.6 is 28.3 Å². The Balaban J connectivity index is 3.43. The summed E-state index contributed by atoms with van der Waals surface area (Å²) in [5, 5.41) is 0. The molecule has 0 aromatic rings. The molecule has 0 amide bonds. The van der Waals surface area contributed by atoms with Gasteiger partial charge in [0.25, 0.3) is 5.85 Å². The van der Waals surface area contributed by atoms with Crippen LogP contribution in [0.3, 0.4) is 0 Å². The quantitative estimate of drug-likeness (QED) is 0.536. The van der Waals surface area contributed by atoms with Gasteiger partial charge in [0.1, 0.15) is 13.0 Å². The molecular formula is C4H7Cl2O4P. The minimum Gasteiger partial charge on any atom is -0.467 e. The number of esters is 1. The molecule has 0 bridgehead atoms. The van der Waals surface area contributed by atoms with Gasteiger partial charge in [0.15, 0.2) is 0 Å². The van der Waals surface area contributed by atoms with Gasteiger partial charge in [-0.05, 0) is 22.5 Å². The van der Waals surface area contributed by atoms with E-state index in [2.05, 4.69) is 9.47 Å². The second-order valence-corrected chi connectivity index (χ2v) is 6.82. The zero-order valence-corrected chi connectivity index (χ0v) is 8.16. The van der Waals surface area contributed by atoms with Gasteiger partial charge in [-0.3, -0.25) is 4.57 Å². The molecule has 7 heteroatoms. The third-order valence-electron chi connectivity index (χ3n) is 0.689. The van der Waals surface area contributed by atoms with Gasteiger partial charge in [-0.15, -0.1) is 0 Å². The molecule has 0 spiro atoms. The van der Waals surface area contributed by atoms with Crippen LogP contribution in [0, 0.1) is 0 Å². The lowest BCUT2D eigenvalue weighted by atomic mass is 10.7. The maximum absolute atomic E-state index is 10.5. The van der Waals surface area contributed by atoms with E-state index in [0.717, 1.165) is 0 Å². The molecule has 66 valence electrons. The Hall–Kier alpha value is 0.240. The molecule has 0 aliphatic rings. The van der Waals surface area contributed by atoms with Crippen molar-refractivity contribution in [2.75, 3.05) is 20.1 Å². The second kappa shape index (κ2) is 4.99. The number of methoxy groups -OCH3 is 1. The van der Waals surface area contributed by atoms with E-state index >= 15 is 0 Å². The number of ether oxygens (including phenoxy) is 2. The van der Waals surface area contributed by atoms with Gasteiger partial charge in [0, 0.05) is 0 Å². The Kier molecular flexibility index (Phi) is 5.10. The van der Waals surface area contributed by atoms with Gasteiger partial charge in [0.05, 0.1) is 7.11 Å². The highest BCUT2D eigenvalue weighted by atomic mass is 35.9. The third kappa shape index (κ3) is 8.14. The maximum atomic E-state index is 10.5. The van der Waals surface area contributed by atoms with E-state index in [-0.39, 0.29) is 13.0 Å². The summed E-state index contributed by atoms with van der Waals surface area (Å²) in [6.07, 6.45) is -0.342. The molecular weight excluding hydrogens is 214 g/mol. The molecule has 4 nitrogen and oxygen atoms in total. The number of carbonyl (C=O) groups is 1. The highest BCUT2D eigenvalue weighted by Crippen LogP contribution is 2.56. The van der Waals surface area contributed by atoms with Crippen molar-refractivity contribution in [3.63, 3.8) is 0 Å². The lowest BCUT2D eigenvalue weighted by molar-refractivity contribution is -0.145. The Morgan fingerprint density at radius 1 is 1.55 bits per heavy atom. The van der Waals surface area contributed by atoms with Crippen LogP contribution in [0.25, 0.3) is 0 Å². The third-order valence-corrected chi connectivity index (χ3v) is 1.76. The van der Waals surface area contributed by atoms with E-state index in [1.807, 2.05) is 0 Å². The first-order valence-corrected chi connectivity index (χ1v) is 6.29. The van der Waals surface area contributed by atoms with E-state index < -0.39 is 11.8 Å². The average Bonchev–Trinajstić information content (AvgIpc) is 1.85. The molecule has 0 aromatic carbocycles. The zero-order chi connectivity index (χ0) is 8.91. The molecule has 11 heavy (non-hydrogen) atoms. The molecule has 0 unspecified atom stereocenters. The summed E-state index contributed by atoms with van der Waals surface area (Å²) in [6, 6.07) is 0. The van der Waals surface area contributed by atoms with Gasteiger partial charge >= 0.3 is 5.97 Å². The maximum Gasteiger partial charge on any atom is 0.331 e. The fraction of sp³-hybridized carbons (Fsp3) is 0.750. The van der Waals surface area contributed by atoms with Crippen LogP contribution in [0.15, 0.2) is 0 Å². The van der Waals surface area contributed by atoms with E-state index in [1.165, 1.54) is 7.11 Å². The average molecular weight is 221 g/mol. The van der Waals surface area contributed by atoms with Gasteiger partial charge in [-0.25, -0.2) is 4.79 Å². The predicted octanol–water partition coefficient (Wildman–Crippen LogP) is 1.80. The van der Waals surface area contributed by atoms with Gasteiger partial charge < -0.3 is 9.47 Å². The van der Waals surface area contributed by atoms with Crippen molar-refractivity contribution >= 4 is 34.3 Å². The Morgan fingerprint density at radius 3 is 2.45 bits per heavy atom. The largest absolute Gasteiger partial charge is 0.467 e. The fourth-order valence-electron chi connectivity index (χ4n) is 0.294. The SMILES string of the molecule is COC(=O)COCP(=O)(Cl)Cl. The fourth-order valence-corrected chi connectivity index (χ4v) is 1.01. The highest BCUT2D eigenvalue weighted by molar-refractivity contribution is 8.08. The Bertz CT molecular complexity index is 177. The summed E-state index contributed by atoms with van der Waals surface area (Å²) < 4.78 is 19.3. The summed E-state index contributed by atoms with van der Waals surface area (Å²) in [6.45, 7) is -0.292. The number of carbonyl (C=O) groups excluding carboxylic acids is 1. The molecule has 0 N–H and O–H groups in total. The summed E-state index contributed by atoms with van der Waals surface area (Å²) in [5.41, 5.74) is 0. The first kappa shape index (κ1) is 11.2. The Morgan fingerprint density at radius 2 is 2.09 bits per heavy atom. The second-order valence-electron chi connectivity index (χ2n) is 1.62. The van der Waals surface area contributed by atoms with E-state index in [9.17, 15) is 9.36 Å². The monoisotopic (exact) mass is 220 g/mol. The molecule has 0 atom stereocenters. The summed E-state index contributed by atoms with van der Waals surface area (Å²) in [5.74, 6) is -3.78. The van der Waals surface area contributed by atoms with Crippen LogP contribution in [0.4, 0.5) is 0 Å². The zero-order valence-electron chi connectivity index (χ0n) is 5.75. The molecule has 0 aliphatic heterocycles. The lowest BCUT2D eigenvalue weighted by Gasteiger charge is -2.02. The normalized spacial score (nSPS) is 11.2. The van der Waals surface area contributed by atoms with Crippen LogP contribution in [-0.2, 0) is 18.8 Å². The van der Waals surface area contributed by atoms with Crippen molar-refractivity contribution < 1.29 is 18.8 Å². The first-order chi connectivity index (χ1) is 4.95. The van der Waals surface area contributed by atoms with Crippen molar-refractivity contribution in [3.05, 3.63) is 0 Å². The standard InChI is InChI=1S/C4H7Cl2O4P/c1-9-4(7)2-10-3-11(5,6)8/h2-3H2,1H3. The molecule has 0 rings (SSSR count). The number of hydrogen-bond acceptors (Lipinski definition) is 4. The van der Waals surface area contributed by atoms with Crippen LogP contribution in [0.2, 0.25) is 0 Å². The Labute approximate surface area is 73.7 Å². The van der Waals surface area contributed by atoms with Gasteiger partial charge in [0.2, 0.25) is 0 Å². The van der Waals surface area contributed by atoms with Crippen molar-refractivity contribution in [2.45, 2.75) is 0 Å². The van der Waals surface area contributed by atoms with Crippen molar-refractivity contribution in [2.24, 2.45) is 0 Å². The predicted molar refractivity (Wildman–Crippen MR) is 42.1 cm³/mol. The first-order valence-electron chi connectivity index (χ1n) is 2.58. The number of hydrogen-bond donors (Lipinski definition) is 0. The minimum absolute atomic E-state index is 0.292. The summed E-state index contributed by atoms with van der Waals surface area (Å²) in [4.78, 5) is 10.4.